The standard InChI is InChI=1S/2C20H24ClN5O2/c2*1-20(2,3)17-12-16(26(4)25-17)19(28)24-15(18(27)23-9-8-22)11-13-6-5-7-14(21)10-13/h2*5-7,10,12,15H,9,11H2,1-4H3,(H,23,27)(H,24,28)/t2*15-/m00/s1. The monoisotopic (exact) mass is 802 g/mol. The molecule has 296 valence electrons. The lowest BCUT2D eigenvalue weighted by molar-refractivity contribution is -0.123. The second kappa shape index (κ2) is 19.8. The van der Waals surface area contributed by atoms with E-state index in [0.29, 0.717) is 21.4 Å². The van der Waals surface area contributed by atoms with Crippen molar-refractivity contribution in [2.45, 2.75) is 77.3 Å². The molecule has 0 fully saturated rings. The summed E-state index contributed by atoms with van der Waals surface area (Å²) in [6.07, 6.45) is 0.487. The van der Waals surface area contributed by atoms with Gasteiger partial charge in [0.2, 0.25) is 11.8 Å². The Morgan fingerprint density at radius 3 is 1.30 bits per heavy atom. The summed E-state index contributed by atoms with van der Waals surface area (Å²) in [5.74, 6) is -1.70. The molecule has 2 aromatic heterocycles. The van der Waals surface area contributed by atoms with Gasteiger partial charge in [0.25, 0.3) is 11.8 Å². The number of nitrogens with zero attached hydrogens (tertiary/aromatic N) is 6. The van der Waals surface area contributed by atoms with E-state index in [1.54, 1.807) is 62.6 Å². The smallest absolute Gasteiger partial charge is 0.270 e. The molecule has 0 aliphatic carbocycles. The van der Waals surface area contributed by atoms with Crippen LogP contribution in [0.4, 0.5) is 0 Å². The SMILES string of the molecule is Cn1nc(C(C)(C)C)cc1C(=O)N[C@@H](Cc1cccc(Cl)c1)C(=O)NCC#N.Cn1nc(C(C)(C)C)cc1C(=O)N[C@@H](Cc1cccc(Cl)c1)C(=O)NCC#N. The van der Waals surface area contributed by atoms with Gasteiger partial charge in [-0.15, -0.1) is 0 Å². The van der Waals surface area contributed by atoms with Crippen LogP contribution in [0.3, 0.4) is 0 Å². The number of rotatable bonds is 12. The molecule has 0 saturated heterocycles. The van der Waals surface area contributed by atoms with E-state index in [2.05, 4.69) is 31.5 Å². The fourth-order valence-electron chi connectivity index (χ4n) is 5.27. The van der Waals surface area contributed by atoms with E-state index in [9.17, 15) is 19.2 Å². The Morgan fingerprint density at radius 2 is 1.02 bits per heavy atom. The van der Waals surface area contributed by atoms with Gasteiger partial charge in [0.15, 0.2) is 0 Å². The molecule has 16 heteroatoms. The van der Waals surface area contributed by atoms with Crippen molar-refractivity contribution in [3.63, 3.8) is 0 Å². The highest BCUT2D eigenvalue weighted by Crippen LogP contribution is 2.23. The number of aryl methyl sites for hydroxylation is 2. The van der Waals surface area contributed by atoms with Gasteiger partial charge in [0.1, 0.15) is 36.6 Å². The molecule has 4 N–H and O–H groups in total. The lowest BCUT2D eigenvalue weighted by Crippen LogP contribution is -2.48. The summed E-state index contributed by atoms with van der Waals surface area (Å²) in [5, 5.41) is 37.8. The molecule has 0 spiro atoms. The van der Waals surface area contributed by atoms with E-state index < -0.39 is 35.7 Å². The normalized spacial score (nSPS) is 12.1. The topological polar surface area (TPSA) is 200 Å². The Labute approximate surface area is 337 Å². The highest BCUT2D eigenvalue weighted by atomic mass is 35.5. The van der Waals surface area contributed by atoms with Crippen LogP contribution in [0.1, 0.15) is 85.0 Å². The molecule has 2 atom stereocenters. The fraction of sp³-hybridized carbons (Fsp3) is 0.400. The Morgan fingerprint density at radius 1 is 0.661 bits per heavy atom. The highest BCUT2D eigenvalue weighted by Gasteiger charge is 2.28. The van der Waals surface area contributed by atoms with Crippen LogP contribution >= 0.6 is 23.2 Å². The van der Waals surface area contributed by atoms with Gasteiger partial charge >= 0.3 is 0 Å². The number of hydrogen-bond acceptors (Lipinski definition) is 8. The number of nitrogens with one attached hydrogen (secondary N) is 4. The predicted molar refractivity (Wildman–Crippen MR) is 214 cm³/mol. The van der Waals surface area contributed by atoms with Crippen LogP contribution in [0, 0.1) is 22.7 Å². The lowest BCUT2D eigenvalue weighted by atomic mass is 9.92. The minimum atomic E-state index is -0.854. The number of hydrogen-bond donors (Lipinski definition) is 4. The van der Waals surface area contributed by atoms with Crippen LogP contribution in [-0.2, 0) is 47.4 Å². The molecule has 2 aromatic carbocycles. The lowest BCUT2D eigenvalue weighted by Gasteiger charge is -2.18. The molecule has 0 saturated carbocycles. The van der Waals surface area contributed by atoms with E-state index in [-0.39, 0.29) is 36.8 Å². The van der Waals surface area contributed by atoms with Gasteiger partial charge in [0, 0.05) is 47.8 Å². The van der Waals surface area contributed by atoms with Crippen LogP contribution in [0.15, 0.2) is 60.7 Å². The molecule has 56 heavy (non-hydrogen) atoms. The van der Waals surface area contributed by atoms with Gasteiger partial charge in [-0.3, -0.25) is 28.5 Å². The summed E-state index contributed by atoms with van der Waals surface area (Å²) in [4.78, 5) is 50.6. The third kappa shape index (κ3) is 13.3. The van der Waals surface area contributed by atoms with Crippen molar-refractivity contribution >= 4 is 46.8 Å². The van der Waals surface area contributed by atoms with E-state index in [1.165, 1.54) is 9.36 Å². The summed E-state index contributed by atoms with van der Waals surface area (Å²) in [7, 11) is 3.37. The molecule has 0 radical (unpaired) electrons. The van der Waals surface area contributed by atoms with Crippen molar-refractivity contribution in [1.82, 2.24) is 40.8 Å². The van der Waals surface area contributed by atoms with Crippen molar-refractivity contribution < 1.29 is 19.2 Å². The number of nitriles is 2. The molecule has 14 nitrogen and oxygen atoms in total. The third-order valence-corrected chi connectivity index (χ3v) is 8.82. The second-order valence-corrected chi connectivity index (χ2v) is 15.9. The average Bonchev–Trinajstić information content (AvgIpc) is 3.72. The maximum Gasteiger partial charge on any atom is 0.270 e. The summed E-state index contributed by atoms with van der Waals surface area (Å²) in [6, 6.07) is 19.6. The summed E-state index contributed by atoms with van der Waals surface area (Å²) in [5.41, 5.74) is 3.45. The van der Waals surface area contributed by atoms with Crippen LogP contribution < -0.4 is 21.3 Å². The summed E-state index contributed by atoms with van der Waals surface area (Å²) < 4.78 is 3.00. The number of carbonyl (C=O) groups excluding carboxylic acids is 4. The first-order valence-corrected chi connectivity index (χ1v) is 18.5. The molecule has 4 rings (SSSR count). The molecule has 4 aromatic rings. The zero-order valence-corrected chi connectivity index (χ0v) is 34.3. The third-order valence-electron chi connectivity index (χ3n) is 8.35. The van der Waals surface area contributed by atoms with Crippen molar-refractivity contribution in [2.75, 3.05) is 13.1 Å². The minimum absolute atomic E-state index is 0.138. The van der Waals surface area contributed by atoms with Gasteiger partial charge in [-0.2, -0.15) is 20.7 Å². The van der Waals surface area contributed by atoms with E-state index in [4.69, 9.17) is 33.7 Å². The number of carbonyl (C=O) groups is 4. The molecule has 4 amide bonds. The maximum absolute atomic E-state index is 12.8. The van der Waals surface area contributed by atoms with E-state index in [1.807, 2.05) is 65.8 Å². The first-order valence-electron chi connectivity index (χ1n) is 17.7. The van der Waals surface area contributed by atoms with Crippen LogP contribution in [-0.4, -0.2) is 68.4 Å². The van der Waals surface area contributed by atoms with Gasteiger partial charge in [-0.1, -0.05) is 89.0 Å². The Hall–Kier alpha value is -5.70. The highest BCUT2D eigenvalue weighted by molar-refractivity contribution is 6.30. The van der Waals surface area contributed by atoms with Crippen molar-refractivity contribution in [2.24, 2.45) is 14.1 Å². The molecule has 0 unspecified atom stereocenters. The zero-order valence-electron chi connectivity index (χ0n) is 32.8. The molecular weight excluding hydrogens is 755 g/mol. The quantitative estimate of drug-likeness (QED) is 0.148. The van der Waals surface area contributed by atoms with E-state index >= 15 is 0 Å². The van der Waals surface area contributed by atoms with Crippen LogP contribution in [0.25, 0.3) is 0 Å². The average molecular weight is 804 g/mol. The number of benzene rings is 2. The van der Waals surface area contributed by atoms with Crippen molar-refractivity contribution in [3.05, 3.63) is 105 Å². The van der Waals surface area contributed by atoms with Gasteiger partial charge in [-0.05, 0) is 47.5 Å². The van der Waals surface area contributed by atoms with E-state index in [0.717, 1.165) is 22.5 Å². The van der Waals surface area contributed by atoms with Crippen molar-refractivity contribution in [3.8, 4) is 12.1 Å². The summed E-state index contributed by atoms with van der Waals surface area (Å²) in [6.45, 7) is 11.8. The molecule has 0 aliphatic rings. The van der Waals surface area contributed by atoms with Crippen molar-refractivity contribution in [1.29, 1.82) is 10.5 Å². The molecule has 0 bridgehead atoms. The number of amides is 4. The predicted octanol–water partition coefficient (Wildman–Crippen LogP) is 4.70. The van der Waals surface area contributed by atoms with Crippen LogP contribution in [0.5, 0.6) is 0 Å². The van der Waals surface area contributed by atoms with Crippen LogP contribution in [0.2, 0.25) is 10.0 Å². The number of halogens is 2. The molecule has 2 heterocycles. The zero-order chi connectivity index (χ0) is 41.8. The Kier molecular flexibility index (Phi) is 15.8. The maximum atomic E-state index is 12.8. The fourth-order valence-corrected chi connectivity index (χ4v) is 5.70. The second-order valence-electron chi connectivity index (χ2n) is 15.0. The number of aromatic nitrogens is 4. The minimum Gasteiger partial charge on any atom is -0.341 e. The van der Waals surface area contributed by atoms with Gasteiger partial charge in [0.05, 0.1) is 23.5 Å². The Balaban J connectivity index is 0.000000300. The van der Waals surface area contributed by atoms with Gasteiger partial charge in [-0.25, -0.2) is 0 Å². The Bertz CT molecular complexity index is 1970. The first kappa shape index (κ1) is 44.7. The summed E-state index contributed by atoms with van der Waals surface area (Å²) >= 11 is 12.0. The molecule has 0 aliphatic heterocycles. The first-order chi connectivity index (χ1) is 26.2. The van der Waals surface area contributed by atoms with Gasteiger partial charge < -0.3 is 21.3 Å². The molecular formula is C40H48Cl2N10O4. The largest absolute Gasteiger partial charge is 0.341 e.